The number of nitrogens with one attached hydrogen (secondary N) is 2. The van der Waals surface area contributed by atoms with Crippen LogP contribution in [0, 0.1) is 0 Å². The van der Waals surface area contributed by atoms with E-state index in [4.69, 9.17) is 0 Å². The molecule has 0 saturated carbocycles. The van der Waals surface area contributed by atoms with Gasteiger partial charge >= 0.3 is 0 Å². The lowest BCUT2D eigenvalue weighted by Gasteiger charge is -2.28. The second-order valence-corrected chi connectivity index (χ2v) is 7.64. The fourth-order valence-corrected chi connectivity index (χ4v) is 3.32. The van der Waals surface area contributed by atoms with Gasteiger partial charge in [-0.3, -0.25) is 4.79 Å². The summed E-state index contributed by atoms with van der Waals surface area (Å²) >= 11 is 0. The number of likely N-dealkylation sites (tertiary alicyclic amines) is 1. The van der Waals surface area contributed by atoms with Gasteiger partial charge in [-0.25, -0.2) is 13.1 Å². The van der Waals surface area contributed by atoms with Gasteiger partial charge in [0, 0.05) is 25.2 Å². The summed E-state index contributed by atoms with van der Waals surface area (Å²) in [5.74, 6) is 0.0904. The minimum atomic E-state index is -3.25. The highest BCUT2D eigenvalue weighted by atomic mass is 32.2. The van der Waals surface area contributed by atoms with E-state index in [0.29, 0.717) is 6.54 Å². The summed E-state index contributed by atoms with van der Waals surface area (Å²) in [5, 5.41) is 3.10. The molecule has 7 heteroatoms. The van der Waals surface area contributed by atoms with Crippen molar-refractivity contribution in [1.29, 1.82) is 0 Å². The van der Waals surface area contributed by atoms with Crippen molar-refractivity contribution in [3.8, 4) is 0 Å². The zero-order valence-corrected chi connectivity index (χ0v) is 13.0. The second-order valence-electron chi connectivity index (χ2n) is 5.89. The van der Waals surface area contributed by atoms with Crippen molar-refractivity contribution in [3.05, 3.63) is 0 Å². The highest BCUT2D eigenvalue weighted by molar-refractivity contribution is 7.88. The molecule has 0 spiro atoms. The summed E-state index contributed by atoms with van der Waals surface area (Å²) in [6.45, 7) is 7.45. The molecule has 1 saturated heterocycles. The molecule has 1 heterocycles. The van der Waals surface area contributed by atoms with Gasteiger partial charge in [-0.15, -0.1) is 0 Å². The predicted octanol–water partition coefficient (Wildman–Crippen LogP) is -0.0853. The SMILES string of the molecule is CC(NCC(C)(C)NS(C)(=O)=O)C(=O)N1CCCC1. The minimum absolute atomic E-state index is 0.0904. The Morgan fingerprint density at radius 2 is 1.84 bits per heavy atom. The molecule has 1 aliphatic rings. The molecule has 0 aromatic carbocycles. The highest BCUT2D eigenvalue weighted by Gasteiger charge is 2.26. The fourth-order valence-electron chi connectivity index (χ4n) is 2.24. The van der Waals surface area contributed by atoms with E-state index in [1.54, 1.807) is 13.8 Å². The van der Waals surface area contributed by atoms with Crippen LogP contribution in [0.1, 0.15) is 33.6 Å². The lowest BCUT2D eigenvalue weighted by molar-refractivity contribution is -0.131. The Hall–Kier alpha value is -0.660. The molecule has 6 nitrogen and oxygen atoms in total. The van der Waals surface area contributed by atoms with Crippen LogP contribution in [0.15, 0.2) is 0 Å². The topological polar surface area (TPSA) is 78.5 Å². The molecular weight excluding hydrogens is 266 g/mol. The Morgan fingerprint density at radius 3 is 2.32 bits per heavy atom. The quantitative estimate of drug-likeness (QED) is 0.717. The van der Waals surface area contributed by atoms with Gasteiger partial charge in [0.2, 0.25) is 15.9 Å². The Bertz CT molecular complexity index is 414. The van der Waals surface area contributed by atoms with Crippen molar-refractivity contribution in [1.82, 2.24) is 14.9 Å². The third-order valence-electron chi connectivity index (χ3n) is 3.10. The van der Waals surface area contributed by atoms with E-state index in [1.165, 1.54) is 0 Å². The lowest BCUT2D eigenvalue weighted by atomic mass is 10.1. The van der Waals surface area contributed by atoms with E-state index in [2.05, 4.69) is 10.0 Å². The Balaban J connectivity index is 2.44. The first-order valence-corrected chi connectivity index (χ1v) is 8.51. The third-order valence-corrected chi connectivity index (χ3v) is 4.02. The third kappa shape index (κ3) is 5.88. The number of sulfonamides is 1. The molecule has 1 atom stereocenters. The standard InChI is InChI=1S/C12H25N3O3S/c1-10(11(16)15-7-5-6-8-15)13-9-12(2,3)14-19(4,17)18/h10,13-14H,5-9H2,1-4H3. The van der Waals surface area contributed by atoms with Crippen LogP contribution in [0.2, 0.25) is 0 Å². The molecule has 0 aromatic heterocycles. The summed E-state index contributed by atoms with van der Waals surface area (Å²) in [4.78, 5) is 13.9. The number of carbonyl (C=O) groups excluding carboxylic acids is 1. The molecule has 1 unspecified atom stereocenters. The minimum Gasteiger partial charge on any atom is -0.341 e. The Kier molecular flexibility index (Phi) is 5.34. The molecule has 19 heavy (non-hydrogen) atoms. The molecule has 112 valence electrons. The summed E-state index contributed by atoms with van der Waals surface area (Å²) in [5.41, 5.74) is -0.618. The molecule has 0 radical (unpaired) electrons. The van der Waals surface area contributed by atoms with Crippen LogP contribution in [-0.2, 0) is 14.8 Å². The number of carbonyl (C=O) groups is 1. The number of hydrogen-bond donors (Lipinski definition) is 2. The number of nitrogens with zero attached hydrogens (tertiary/aromatic N) is 1. The highest BCUT2D eigenvalue weighted by Crippen LogP contribution is 2.09. The molecular formula is C12H25N3O3S. The van der Waals surface area contributed by atoms with Crippen molar-refractivity contribution in [2.24, 2.45) is 0 Å². The average molecular weight is 291 g/mol. The van der Waals surface area contributed by atoms with Gasteiger partial charge in [0.05, 0.1) is 12.3 Å². The molecule has 0 aromatic rings. The van der Waals surface area contributed by atoms with Crippen molar-refractivity contribution in [2.45, 2.75) is 45.2 Å². The van der Waals surface area contributed by atoms with Crippen molar-refractivity contribution >= 4 is 15.9 Å². The van der Waals surface area contributed by atoms with Gasteiger partial charge in [0.15, 0.2) is 0 Å². The average Bonchev–Trinajstić information content (AvgIpc) is 2.74. The van der Waals surface area contributed by atoms with E-state index in [1.807, 2.05) is 11.8 Å². The van der Waals surface area contributed by atoms with Crippen molar-refractivity contribution < 1.29 is 13.2 Å². The molecule has 1 rings (SSSR count). The van der Waals surface area contributed by atoms with Crippen LogP contribution in [0.25, 0.3) is 0 Å². The zero-order chi connectivity index (χ0) is 14.7. The van der Waals surface area contributed by atoms with Crippen LogP contribution in [0.5, 0.6) is 0 Å². The van der Waals surface area contributed by atoms with Crippen molar-refractivity contribution in [2.75, 3.05) is 25.9 Å². The van der Waals surface area contributed by atoms with E-state index in [-0.39, 0.29) is 11.9 Å². The van der Waals surface area contributed by atoms with E-state index >= 15 is 0 Å². The van der Waals surface area contributed by atoms with Crippen LogP contribution in [0.4, 0.5) is 0 Å². The first kappa shape index (κ1) is 16.4. The number of rotatable bonds is 6. The normalized spacial score (nSPS) is 18.6. The molecule has 2 N–H and O–H groups in total. The first-order chi connectivity index (χ1) is 8.61. The van der Waals surface area contributed by atoms with Gasteiger partial charge in [-0.2, -0.15) is 0 Å². The maximum absolute atomic E-state index is 12.1. The summed E-state index contributed by atoms with van der Waals surface area (Å²) < 4.78 is 25.0. The van der Waals surface area contributed by atoms with E-state index in [0.717, 1.165) is 32.2 Å². The van der Waals surface area contributed by atoms with E-state index < -0.39 is 15.6 Å². The van der Waals surface area contributed by atoms with Crippen molar-refractivity contribution in [3.63, 3.8) is 0 Å². The molecule has 1 amide bonds. The maximum atomic E-state index is 12.1. The Labute approximate surface area is 116 Å². The summed E-state index contributed by atoms with van der Waals surface area (Å²) in [6.07, 6.45) is 3.27. The second kappa shape index (κ2) is 6.19. The van der Waals surface area contributed by atoms with Gasteiger partial charge in [-0.1, -0.05) is 0 Å². The monoisotopic (exact) mass is 291 g/mol. The van der Waals surface area contributed by atoms with Crippen LogP contribution in [0.3, 0.4) is 0 Å². The largest absolute Gasteiger partial charge is 0.341 e. The number of amides is 1. The first-order valence-electron chi connectivity index (χ1n) is 6.62. The maximum Gasteiger partial charge on any atom is 0.239 e. The molecule has 1 aliphatic heterocycles. The van der Waals surface area contributed by atoms with Crippen LogP contribution < -0.4 is 10.0 Å². The molecule has 0 aliphatic carbocycles. The van der Waals surface area contributed by atoms with Gasteiger partial charge in [0.1, 0.15) is 0 Å². The smallest absolute Gasteiger partial charge is 0.239 e. The van der Waals surface area contributed by atoms with Gasteiger partial charge in [-0.05, 0) is 33.6 Å². The lowest BCUT2D eigenvalue weighted by Crippen LogP contribution is -2.54. The van der Waals surface area contributed by atoms with Crippen LogP contribution in [-0.4, -0.2) is 56.7 Å². The molecule has 1 fully saturated rings. The zero-order valence-electron chi connectivity index (χ0n) is 12.2. The van der Waals surface area contributed by atoms with Gasteiger partial charge in [0.25, 0.3) is 0 Å². The fraction of sp³-hybridized carbons (Fsp3) is 0.917. The molecule has 0 bridgehead atoms. The Morgan fingerprint density at radius 1 is 1.32 bits per heavy atom. The van der Waals surface area contributed by atoms with Gasteiger partial charge < -0.3 is 10.2 Å². The summed E-state index contributed by atoms with van der Waals surface area (Å²) in [7, 11) is -3.25. The van der Waals surface area contributed by atoms with Crippen LogP contribution >= 0.6 is 0 Å². The summed E-state index contributed by atoms with van der Waals surface area (Å²) in [6, 6.07) is -0.293. The van der Waals surface area contributed by atoms with E-state index in [9.17, 15) is 13.2 Å². The predicted molar refractivity (Wildman–Crippen MR) is 75.3 cm³/mol. The number of hydrogen-bond acceptors (Lipinski definition) is 4.